The summed E-state index contributed by atoms with van der Waals surface area (Å²) >= 11 is 0. The van der Waals surface area contributed by atoms with Crippen molar-refractivity contribution in [3.8, 4) is 0 Å². The summed E-state index contributed by atoms with van der Waals surface area (Å²) in [6.07, 6.45) is 9.87. The number of unbranched alkanes of at least 4 members (excludes halogenated alkanes) is 3. The van der Waals surface area contributed by atoms with E-state index in [-0.39, 0.29) is 5.92 Å². The number of hydrogen-bond acceptors (Lipinski definition) is 4. The molecule has 1 aromatic rings. The van der Waals surface area contributed by atoms with Gasteiger partial charge in [0.15, 0.2) is 0 Å². The van der Waals surface area contributed by atoms with E-state index in [1.165, 1.54) is 19.3 Å². The van der Waals surface area contributed by atoms with Crippen molar-refractivity contribution in [3.63, 3.8) is 0 Å². The molecule has 0 aliphatic rings. The van der Waals surface area contributed by atoms with E-state index in [1.54, 1.807) is 6.26 Å². The summed E-state index contributed by atoms with van der Waals surface area (Å²) in [5, 5.41) is 6.92. The lowest BCUT2D eigenvalue weighted by Crippen LogP contribution is -2.17. The van der Waals surface area contributed by atoms with Crippen LogP contribution in [0, 0.1) is 5.92 Å². The van der Waals surface area contributed by atoms with Gasteiger partial charge in [-0.3, -0.25) is 4.79 Å². The number of Topliss-reactive ketones (excluding diaryl/α,β-unsaturated/α-hetero) is 1. The van der Waals surface area contributed by atoms with Crippen LogP contribution in [0.2, 0.25) is 0 Å². The van der Waals surface area contributed by atoms with E-state index in [4.69, 9.17) is 4.52 Å². The number of ketones is 1. The molecule has 0 amide bonds. The second-order valence-corrected chi connectivity index (χ2v) is 5.40. The van der Waals surface area contributed by atoms with Crippen LogP contribution in [0.1, 0.15) is 64.5 Å². The third kappa shape index (κ3) is 5.35. The molecule has 4 heteroatoms. The molecule has 0 fully saturated rings. The van der Waals surface area contributed by atoms with Gasteiger partial charge in [0.25, 0.3) is 0 Å². The quantitative estimate of drug-likeness (QED) is 0.617. The fraction of sp³-hybridized carbons (Fsp3) is 0.750. The molecule has 0 saturated heterocycles. The number of rotatable bonds is 11. The van der Waals surface area contributed by atoms with Crippen LogP contribution in [0.15, 0.2) is 10.8 Å². The molecule has 0 bridgehead atoms. The van der Waals surface area contributed by atoms with E-state index in [9.17, 15) is 4.79 Å². The summed E-state index contributed by atoms with van der Waals surface area (Å²) in [6.45, 7) is 4.35. The van der Waals surface area contributed by atoms with Gasteiger partial charge in [0, 0.05) is 13.0 Å². The third-order valence-electron chi connectivity index (χ3n) is 3.75. The maximum atomic E-state index is 12.4. The number of nitrogens with one attached hydrogen (secondary N) is 1. The topological polar surface area (TPSA) is 55.1 Å². The second-order valence-electron chi connectivity index (χ2n) is 5.40. The standard InChI is InChI=1S/C16H28N2O2/c1-4-6-7-8-10-13(9-5-2)16(19)11-14-15(17-3)12-20-18-14/h12-13,17H,4-11H2,1-3H3. The van der Waals surface area contributed by atoms with Gasteiger partial charge in [-0.1, -0.05) is 51.1 Å². The average molecular weight is 280 g/mol. The van der Waals surface area contributed by atoms with E-state index in [2.05, 4.69) is 24.3 Å². The smallest absolute Gasteiger partial charge is 0.147 e. The first-order chi connectivity index (χ1) is 9.72. The van der Waals surface area contributed by atoms with Gasteiger partial charge in [-0.2, -0.15) is 0 Å². The molecule has 0 radical (unpaired) electrons. The van der Waals surface area contributed by atoms with Crippen molar-refractivity contribution in [1.82, 2.24) is 5.16 Å². The molecule has 114 valence electrons. The molecule has 0 aromatic carbocycles. The Balaban J connectivity index is 2.50. The molecular weight excluding hydrogens is 252 g/mol. The van der Waals surface area contributed by atoms with E-state index in [1.807, 2.05) is 7.05 Å². The predicted octanol–water partition coefficient (Wildman–Crippen LogP) is 4.21. The molecular formula is C16H28N2O2. The van der Waals surface area contributed by atoms with Crippen LogP contribution in [0.3, 0.4) is 0 Å². The van der Waals surface area contributed by atoms with Crippen molar-refractivity contribution in [3.05, 3.63) is 12.0 Å². The summed E-state index contributed by atoms with van der Waals surface area (Å²) in [5.41, 5.74) is 1.55. The maximum Gasteiger partial charge on any atom is 0.147 e. The minimum atomic E-state index is 0.179. The van der Waals surface area contributed by atoms with Crippen LogP contribution >= 0.6 is 0 Å². The summed E-state index contributed by atoms with van der Waals surface area (Å²) in [7, 11) is 1.81. The van der Waals surface area contributed by atoms with Gasteiger partial charge < -0.3 is 9.84 Å². The van der Waals surface area contributed by atoms with Crippen molar-refractivity contribution in [2.75, 3.05) is 12.4 Å². The van der Waals surface area contributed by atoms with E-state index < -0.39 is 0 Å². The first kappa shape index (κ1) is 16.7. The van der Waals surface area contributed by atoms with E-state index in [0.717, 1.165) is 37.1 Å². The van der Waals surface area contributed by atoms with Gasteiger partial charge in [-0.25, -0.2) is 0 Å². The lowest BCUT2D eigenvalue weighted by atomic mass is 9.90. The number of aromatic nitrogens is 1. The zero-order valence-corrected chi connectivity index (χ0v) is 13.1. The molecule has 0 aliphatic carbocycles. The van der Waals surface area contributed by atoms with Crippen LogP contribution in [0.4, 0.5) is 5.69 Å². The molecule has 1 aromatic heterocycles. The average Bonchev–Trinajstić information content (AvgIpc) is 2.89. The normalized spacial score (nSPS) is 12.3. The van der Waals surface area contributed by atoms with Gasteiger partial charge in [-0.15, -0.1) is 0 Å². The van der Waals surface area contributed by atoms with E-state index >= 15 is 0 Å². The van der Waals surface area contributed by atoms with Gasteiger partial charge in [0.05, 0.1) is 12.1 Å². The Hall–Kier alpha value is -1.32. The molecule has 0 aliphatic heterocycles. The fourth-order valence-electron chi connectivity index (χ4n) is 2.53. The van der Waals surface area contributed by atoms with Crippen molar-refractivity contribution in [2.45, 2.75) is 65.2 Å². The summed E-state index contributed by atoms with van der Waals surface area (Å²) in [4.78, 5) is 12.4. The highest BCUT2D eigenvalue weighted by atomic mass is 16.5. The fourth-order valence-corrected chi connectivity index (χ4v) is 2.53. The Morgan fingerprint density at radius 1 is 1.25 bits per heavy atom. The first-order valence-corrected chi connectivity index (χ1v) is 7.86. The third-order valence-corrected chi connectivity index (χ3v) is 3.75. The van der Waals surface area contributed by atoms with Gasteiger partial charge in [0.1, 0.15) is 17.7 Å². The monoisotopic (exact) mass is 280 g/mol. The summed E-state index contributed by atoms with van der Waals surface area (Å²) in [5.74, 6) is 0.479. The predicted molar refractivity (Wildman–Crippen MR) is 81.9 cm³/mol. The molecule has 0 saturated carbocycles. The second kappa shape index (κ2) is 9.56. The molecule has 1 N–H and O–H groups in total. The number of carbonyl (C=O) groups is 1. The largest absolute Gasteiger partial charge is 0.384 e. The minimum Gasteiger partial charge on any atom is -0.384 e. The van der Waals surface area contributed by atoms with Crippen LogP contribution in [0.5, 0.6) is 0 Å². The van der Waals surface area contributed by atoms with E-state index in [0.29, 0.717) is 12.2 Å². The Labute approximate surface area is 122 Å². The SMILES string of the molecule is CCCCCCC(CCC)C(=O)Cc1nocc1NC. The first-order valence-electron chi connectivity index (χ1n) is 7.86. The Morgan fingerprint density at radius 2 is 2.05 bits per heavy atom. The highest BCUT2D eigenvalue weighted by Crippen LogP contribution is 2.21. The molecule has 20 heavy (non-hydrogen) atoms. The van der Waals surface area contributed by atoms with Crippen LogP contribution in [0.25, 0.3) is 0 Å². The Bertz CT molecular complexity index is 388. The van der Waals surface area contributed by atoms with Crippen molar-refractivity contribution in [1.29, 1.82) is 0 Å². The van der Waals surface area contributed by atoms with Gasteiger partial charge in [0.2, 0.25) is 0 Å². The van der Waals surface area contributed by atoms with Gasteiger partial charge >= 0.3 is 0 Å². The summed E-state index contributed by atoms with van der Waals surface area (Å²) < 4.78 is 4.93. The highest BCUT2D eigenvalue weighted by molar-refractivity contribution is 5.84. The minimum absolute atomic E-state index is 0.179. The molecule has 1 unspecified atom stereocenters. The van der Waals surface area contributed by atoms with Crippen molar-refractivity contribution < 1.29 is 9.32 Å². The Morgan fingerprint density at radius 3 is 2.70 bits per heavy atom. The van der Waals surface area contributed by atoms with Crippen LogP contribution in [-0.2, 0) is 11.2 Å². The van der Waals surface area contributed by atoms with Gasteiger partial charge in [-0.05, 0) is 12.8 Å². The zero-order valence-electron chi connectivity index (χ0n) is 13.1. The zero-order chi connectivity index (χ0) is 14.8. The van der Waals surface area contributed by atoms with Crippen LogP contribution < -0.4 is 5.32 Å². The Kier molecular flexibility index (Phi) is 8.00. The highest BCUT2D eigenvalue weighted by Gasteiger charge is 2.20. The number of carbonyl (C=O) groups excluding carboxylic acids is 1. The van der Waals surface area contributed by atoms with Crippen LogP contribution in [-0.4, -0.2) is 18.0 Å². The lowest BCUT2D eigenvalue weighted by molar-refractivity contribution is -0.122. The summed E-state index contributed by atoms with van der Waals surface area (Å²) in [6, 6.07) is 0. The number of anilines is 1. The molecule has 0 spiro atoms. The molecule has 1 atom stereocenters. The molecule has 1 heterocycles. The lowest BCUT2D eigenvalue weighted by Gasteiger charge is -2.14. The maximum absolute atomic E-state index is 12.4. The number of hydrogen-bond donors (Lipinski definition) is 1. The molecule has 4 nitrogen and oxygen atoms in total. The number of nitrogens with zero attached hydrogens (tertiary/aromatic N) is 1. The van der Waals surface area contributed by atoms with Crippen molar-refractivity contribution >= 4 is 11.5 Å². The van der Waals surface area contributed by atoms with Crippen molar-refractivity contribution in [2.24, 2.45) is 5.92 Å². The molecule has 1 rings (SSSR count).